The Labute approximate surface area is 167 Å². The van der Waals surface area contributed by atoms with E-state index in [1.54, 1.807) is 18.2 Å². The molecule has 0 aromatic heterocycles. The lowest BCUT2D eigenvalue weighted by atomic mass is 9.86. The highest BCUT2D eigenvalue weighted by Crippen LogP contribution is 2.31. The van der Waals surface area contributed by atoms with E-state index in [2.05, 4.69) is 11.4 Å². The molecule has 2 atom stereocenters. The van der Waals surface area contributed by atoms with Crippen LogP contribution in [0.3, 0.4) is 0 Å². The summed E-state index contributed by atoms with van der Waals surface area (Å²) in [5.74, 6) is -0.486. The van der Waals surface area contributed by atoms with E-state index in [1.807, 2.05) is 31.2 Å². The number of amides is 2. The van der Waals surface area contributed by atoms with E-state index < -0.39 is 5.60 Å². The summed E-state index contributed by atoms with van der Waals surface area (Å²) in [5.41, 5.74) is 3.27. The van der Waals surface area contributed by atoms with Crippen molar-refractivity contribution in [2.75, 3.05) is 0 Å². The van der Waals surface area contributed by atoms with Crippen molar-refractivity contribution in [1.82, 2.24) is 5.32 Å². The fraction of sp³-hybridized carbons (Fsp3) is 0.273. The molecule has 0 spiro atoms. The Morgan fingerprint density at radius 2 is 2.07 bits per heavy atom. The summed E-state index contributed by atoms with van der Waals surface area (Å²) in [4.78, 5) is 23.1. The first kappa shape index (κ1) is 18.9. The predicted octanol–water partition coefficient (Wildman–Crippen LogP) is 4.26. The van der Waals surface area contributed by atoms with Crippen molar-refractivity contribution >= 4 is 29.0 Å². The molecule has 4 nitrogen and oxygen atoms in total. The molecule has 4 rings (SSSR count). The van der Waals surface area contributed by atoms with E-state index in [0.717, 1.165) is 28.5 Å². The SMILES string of the molecule is CC1(OCc2ccccc2F)C=Cc2cc(CC3SC(=O)NC3=O)ccc2C1. The molecule has 28 heavy (non-hydrogen) atoms. The highest BCUT2D eigenvalue weighted by Gasteiger charge is 2.32. The summed E-state index contributed by atoms with van der Waals surface area (Å²) in [6.45, 7) is 2.20. The number of carbonyl (C=O) groups excluding carboxylic acids is 2. The van der Waals surface area contributed by atoms with Crippen molar-refractivity contribution in [3.05, 3.63) is 76.6 Å². The van der Waals surface area contributed by atoms with Gasteiger partial charge in [-0.1, -0.05) is 60.3 Å². The van der Waals surface area contributed by atoms with E-state index >= 15 is 0 Å². The largest absolute Gasteiger partial charge is 0.366 e. The summed E-state index contributed by atoms with van der Waals surface area (Å²) in [6, 6.07) is 12.7. The molecule has 6 heteroatoms. The predicted molar refractivity (Wildman–Crippen MR) is 107 cm³/mol. The van der Waals surface area contributed by atoms with Crippen molar-refractivity contribution in [1.29, 1.82) is 0 Å². The van der Waals surface area contributed by atoms with Gasteiger partial charge in [-0.15, -0.1) is 0 Å². The number of fused-ring (bicyclic) bond motifs is 1. The van der Waals surface area contributed by atoms with Gasteiger partial charge in [0, 0.05) is 12.0 Å². The first-order valence-corrected chi connectivity index (χ1v) is 10.00. The van der Waals surface area contributed by atoms with Gasteiger partial charge in [0.25, 0.3) is 5.24 Å². The van der Waals surface area contributed by atoms with Crippen LogP contribution in [0.4, 0.5) is 9.18 Å². The van der Waals surface area contributed by atoms with Crippen LogP contribution in [-0.2, 0) is 29.0 Å². The molecule has 144 valence electrons. The molecule has 1 N–H and O–H groups in total. The van der Waals surface area contributed by atoms with Gasteiger partial charge in [0.1, 0.15) is 5.82 Å². The van der Waals surface area contributed by atoms with Gasteiger partial charge in [-0.2, -0.15) is 0 Å². The Hall–Kier alpha value is -2.44. The molecule has 1 aliphatic heterocycles. The zero-order valence-corrected chi connectivity index (χ0v) is 16.2. The fourth-order valence-corrected chi connectivity index (χ4v) is 4.35. The van der Waals surface area contributed by atoms with Crippen molar-refractivity contribution in [3.63, 3.8) is 0 Å². The fourth-order valence-electron chi connectivity index (χ4n) is 3.49. The normalized spacial score (nSPS) is 23.6. The van der Waals surface area contributed by atoms with Crippen LogP contribution in [0.2, 0.25) is 0 Å². The monoisotopic (exact) mass is 397 g/mol. The maximum absolute atomic E-state index is 13.8. The first-order valence-electron chi connectivity index (χ1n) is 9.12. The Balaban J connectivity index is 1.44. The van der Waals surface area contributed by atoms with Crippen LogP contribution in [0.25, 0.3) is 6.08 Å². The molecule has 0 bridgehead atoms. The smallest absolute Gasteiger partial charge is 0.286 e. The highest BCUT2D eigenvalue weighted by atomic mass is 32.2. The standard InChI is InChI=1S/C22H20FNO3S/c1-22(27-13-17-4-2-3-5-18(17)23)9-8-15-10-14(6-7-16(15)12-22)11-19-20(25)24-21(26)28-19/h2-10,19H,11-13H2,1H3,(H,24,25,26). The minimum atomic E-state index is -0.510. The number of hydrogen-bond acceptors (Lipinski definition) is 4. The van der Waals surface area contributed by atoms with E-state index in [-0.39, 0.29) is 28.8 Å². The van der Waals surface area contributed by atoms with Gasteiger partial charge in [-0.25, -0.2) is 4.39 Å². The second kappa shape index (κ2) is 7.53. The number of benzene rings is 2. The number of ether oxygens (including phenoxy) is 1. The first-order chi connectivity index (χ1) is 13.4. The Morgan fingerprint density at radius 3 is 2.82 bits per heavy atom. The molecule has 1 saturated heterocycles. The van der Waals surface area contributed by atoms with Gasteiger partial charge in [-0.3, -0.25) is 14.9 Å². The molecule has 2 amide bonds. The van der Waals surface area contributed by atoms with Gasteiger partial charge >= 0.3 is 0 Å². The molecular formula is C22H20FNO3S. The lowest BCUT2D eigenvalue weighted by Gasteiger charge is -2.31. The van der Waals surface area contributed by atoms with Gasteiger partial charge in [0.15, 0.2) is 0 Å². The van der Waals surface area contributed by atoms with Crippen LogP contribution >= 0.6 is 11.8 Å². The zero-order valence-electron chi connectivity index (χ0n) is 15.4. The quantitative estimate of drug-likeness (QED) is 0.819. The third kappa shape index (κ3) is 4.03. The summed E-state index contributed by atoms with van der Waals surface area (Å²) < 4.78 is 19.9. The second-order valence-electron chi connectivity index (χ2n) is 7.32. The maximum atomic E-state index is 13.8. The molecule has 2 aromatic rings. The van der Waals surface area contributed by atoms with E-state index in [4.69, 9.17) is 4.74 Å². The van der Waals surface area contributed by atoms with Gasteiger partial charge in [0.2, 0.25) is 5.91 Å². The molecule has 2 unspecified atom stereocenters. The topological polar surface area (TPSA) is 55.4 Å². The van der Waals surface area contributed by atoms with Gasteiger partial charge in [0.05, 0.1) is 17.5 Å². The Morgan fingerprint density at radius 1 is 1.25 bits per heavy atom. The van der Waals surface area contributed by atoms with E-state index in [9.17, 15) is 14.0 Å². The van der Waals surface area contributed by atoms with Crippen LogP contribution in [0, 0.1) is 5.82 Å². The number of imide groups is 1. The van der Waals surface area contributed by atoms with Crippen LogP contribution in [-0.4, -0.2) is 22.0 Å². The molecule has 0 radical (unpaired) electrons. The number of halogens is 1. The minimum absolute atomic E-state index is 0.211. The molecule has 0 saturated carbocycles. The van der Waals surface area contributed by atoms with Crippen molar-refractivity contribution < 1.29 is 18.7 Å². The summed E-state index contributed by atoms with van der Waals surface area (Å²) >= 11 is 1.04. The number of hydrogen-bond donors (Lipinski definition) is 1. The molecule has 1 aliphatic carbocycles. The third-order valence-electron chi connectivity index (χ3n) is 5.07. The molecule has 2 aromatic carbocycles. The zero-order chi connectivity index (χ0) is 19.7. The summed E-state index contributed by atoms with van der Waals surface area (Å²) in [6.07, 6.45) is 5.21. The van der Waals surface area contributed by atoms with E-state index in [1.165, 1.54) is 6.07 Å². The van der Waals surface area contributed by atoms with Crippen LogP contribution in [0.1, 0.15) is 29.2 Å². The van der Waals surface area contributed by atoms with E-state index in [0.29, 0.717) is 18.4 Å². The number of thioether (sulfide) groups is 1. The Kier molecular flexibility index (Phi) is 5.08. The van der Waals surface area contributed by atoms with Crippen molar-refractivity contribution in [2.45, 2.75) is 37.2 Å². The van der Waals surface area contributed by atoms with Crippen molar-refractivity contribution in [3.8, 4) is 0 Å². The number of rotatable bonds is 5. The summed E-state index contributed by atoms with van der Waals surface area (Å²) in [7, 11) is 0. The lowest BCUT2D eigenvalue weighted by molar-refractivity contribution is -0.118. The number of nitrogens with one attached hydrogen (secondary N) is 1. The molecule has 1 heterocycles. The molecule has 1 fully saturated rings. The molecular weight excluding hydrogens is 377 g/mol. The average molecular weight is 397 g/mol. The number of carbonyl (C=O) groups is 2. The van der Waals surface area contributed by atoms with Gasteiger partial charge in [-0.05, 0) is 36.1 Å². The average Bonchev–Trinajstić information content (AvgIpc) is 2.98. The lowest BCUT2D eigenvalue weighted by Crippen LogP contribution is -2.31. The third-order valence-corrected chi connectivity index (χ3v) is 6.05. The van der Waals surface area contributed by atoms with Crippen LogP contribution in [0.15, 0.2) is 48.5 Å². The van der Waals surface area contributed by atoms with Crippen molar-refractivity contribution in [2.24, 2.45) is 0 Å². The second-order valence-corrected chi connectivity index (χ2v) is 8.50. The maximum Gasteiger partial charge on any atom is 0.286 e. The van der Waals surface area contributed by atoms with Gasteiger partial charge < -0.3 is 4.74 Å². The Bertz CT molecular complexity index is 974. The van der Waals surface area contributed by atoms with Crippen LogP contribution in [0.5, 0.6) is 0 Å². The highest BCUT2D eigenvalue weighted by molar-refractivity contribution is 8.15. The minimum Gasteiger partial charge on any atom is -0.366 e. The summed E-state index contributed by atoms with van der Waals surface area (Å²) in [5, 5.41) is 1.67. The van der Waals surface area contributed by atoms with Crippen LogP contribution < -0.4 is 5.32 Å². The molecule has 2 aliphatic rings.